The molecule has 0 saturated heterocycles. The Morgan fingerprint density at radius 3 is 1.85 bits per heavy atom. The van der Waals surface area contributed by atoms with E-state index in [1.807, 2.05) is 0 Å². The van der Waals surface area contributed by atoms with E-state index in [9.17, 15) is 0 Å². The zero-order valence-corrected chi connectivity index (χ0v) is 9.00. The van der Waals surface area contributed by atoms with Gasteiger partial charge in [0.15, 0.2) is 0 Å². The molecule has 0 aliphatic carbocycles. The van der Waals surface area contributed by atoms with Gasteiger partial charge >= 0.3 is 0 Å². The zero-order chi connectivity index (χ0) is 10.3. The Morgan fingerprint density at radius 2 is 1.54 bits per heavy atom. The van der Waals surface area contributed by atoms with Crippen molar-refractivity contribution in [1.82, 2.24) is 0 Å². The standard InChI is InChI=1S/C10H25N3/c1-3-9(5-11)4-8(2)10(6-12)7-13/h8-10H,3-7,11-13H2,1-2H3. The molecule has 0 rings (SSSR count). The second kappa shape index (κ2) is 7.30. The molecule has 0 aliphatic rings. The molecule has 0 bridgehead atoms. The van der Waals surface area contributed by atoms with E-state index >= 15 is 0 Å². The Balaban J connectivity index is 3.87. The molecule has 13 heavy (non-hydrogen) atoms. The Morgan fingerprint density at radius 1 is 1.00 bits per heavy atom. The van der Waals surface area contributed by atoms with E-state index in [1.54, 1.807) is 0 Å². The number of hydrogen-bond acceptors (Lipinski definition) is 3. The van der Waals surface area contributed by atoms with Gasteiger partial charge in [0.2, 0.25) is 0 Å². The van der Waals surface area contributed by atoms with E-state index in [-0.39, 0.29) is 0 Å². The maximum Gasteiger partial charge on any atom is -0.00342 e. The maximum atomic E-state index is 5.65. The molecule has 2 unspecified atom stereocenters. The van der Waals surface area contributed by atoms with E-state index < -0.39 is 0 Å². The highest BCUT2D eigenvalue weighted by Gasteiger charge is 2.17. The van der Waals surface area contributed by atoms with Gasteiger partial charge in [-0.1, -0.05) is 20.3 Å². The molecule has 2 atom stereocenters. The molecule has 0 amide bonds. The SMILES string of the molecule is CCC(CN)CC(C)C(CN)CN. The molecule has 3 nitrogen and oxygen atoms in total. The molecular weight excluding hydrogens is 162 g/mol. The van der Waals surface area contributed by atoms with Crippen molar-refractivity contribution in [3.63, 3.8) is 0 Å². The van der Waals surface area contributed by atoms with Gasteiger partial charge in [-0.25, -0.2) is 0 Å². The van der Waals surface area contributed by atoms with Crippen molar-refractivity contribution in [2.24, 2.45) is 35.0 Å². The summed E-state index contributed by atoms with van der Waals surface area (Å²) in [5, 5.41) is 0. The molecule has 0 aliphatic heterocycles. The lowest BCUT2D eigenvalue weighted by Gasteiger charge is -2.24. The van der Waals surface area contributed by atoms with Crippen molar-refractivity contribution in [2.75, 3.05) is 19.6 Å². The van der Waals surface area contributed by atoms with Gasteiger partial charge in [-0.05, 0) is 43.8 Å². The summed E-state index contributed by atoms with van der Waals surface area (Å²) in [5.41, 5.74) is 16.9. The second-order valence-corrected chi connectivity index (χ2v) is 3.95. The third-order valence-electron chi connectivity index (χ3n) is 3.03. The number of nitrogens with two attached hydrogens (primary N) is 3. The molecule has 0 heterocycles. The third-order valence-corrected chi connectivity index (χ3v) is 3.03. The Bertz CT molecular complexity index is 109. The van der Waals surface area contributed by atoms with Crippen molar-refractivity contribution < 1.29 is 0 Å². The Labute approximate surface area is 82.0 Å². The fourth-order valence-corrected chi connectivity index (χ4v) is 1.71. The van der Waals surface area contributed by atoms with Crippen LogP contribution < -0.4 is 17.2 Å². The molecule has 0 aromatic heterocycles. The van der Waals surface area contributed by atoms with Gasteiger partial charge in [0.25, 0.3) is 0 Å². The quantitative estimate of drug-likeness (QED) is 0.544. The molecule has 3 heteroatoms. The van der Waals surface area contributed by atoms with Gasteiger partial charge in [0.1, 0.15) is 0 Å². The van der Waals surface area contributed by atoms with Crippen LogP contribution >= 0.6 is 0 Å². The molecule has 80 valence electrons. The summed E-state index contributed by atoms with van der Waals surface area (Å²) in [5.74, 6) is 1.69. The molecule has 0 aromatic rings. The summed E-state index contributed by atoms with van der Waals surface area (Å²) in [6.45, 7) is 6.58. The molecule has 0 fully saturated rings. The fourth-order valence-electron chi connectivity index (χ4n) is 1.71. The van der Waals surface area contributed by atoms with Crippen LogP contribution in [0.15, 0.2) is 0 Å². The average molecular weight is 187 g/mol. The Kier molecular flexibility index (Phi) is 7.23. The minimum atomic E-state index is 0.459. The van der Waals surface area contributed by atoms with E-state index in [0.29, 0.717) is 30.8 Å². The zero-order valence-electron chi connectivity index (χ0n) is 9.00. The first-order chi connectivity index (χ1) is 6.19. The smallest absolute Gasteiger partial charge is 0.00342 e. The normalized spacial score (nSPS) is 16.2. The maximum absolute atomic E-state index is 5.65. The summed E-state index contributed by atoms with van der Waals surface area (Å²) < 4.78 is 0. The minimum Gasteiger partial charge on any atom is -0.330 e. The molecule has 0 saturated carbocycles. The van der Waals surface area contributed by atoms with Crippen molar-refractivity contribution >= 4 is 0 Å². The topological polar surface area (TPSA) is 78.1 Å². The molecule has 6 N–H and O–H groups in total. The average Bonchev–Trinajstić information content (AvgIpc) is 2.16. The van der Waals surface area contributed by atoms with Crippen LogP contribution in [0.1, 0.15) is 26.7 Å². The van der Waals surface area contributed by atoms with Crippen LogP contribution in [0.2, 0.25) is 0 Å². The second-order valence-electron chi connectivity index (χ2n) is 3.95. The minimum absolute atomic E-state index is 0.459. The van der Waals surface area contributed by atoms with Gasteiger partial charge in [0.05, 0.1) is 0 Å². The van der Waals surface area contributed by atoms with Crippen molar-refractivity contribution in [2.45, 2.75) is 26.7 Å². The van der Waals surface area contributed by atoms with Gasteiger partial charge in [0, 0.05) is 0 Å². The fraction of sp³-hybridized carbons (Fsp3) is 1.00. The molecular formula is C10H25N3. The monoisotopic (exact) mass is 187 g/mol. The van der Waals surface area contributed by atoms with Crippen LogP contribution in [-0.2, 0) is 0 Å². The third kappa shape index (κ3) is 4.60. The first kappa shape index (κ1) is 12.9. The van der Waals surface area contributed by atoms with Crippen LogP contribution in [0, 0.1) is 17.8 Å². The summed E-state index contributed by atoms with van der Waals surface area (Å²) in [4.78, 5) is 0. The first-order valence-electron chi connectivity index (χ1n) is 5.29. The van der Waals surface area contributed by atoms with Crippen molar-refractivity contribution in [3.05, 3.63) is 0 Å². The highest BCUT2D eigenvalue weighted by molar-refractivity contribution is 4.71. The van der Waals surface area contributed by atoms with E-state index in [0.717, 1.165) is 19.4 Å². The predicted octanol–water partition coefficient (Wildman–Crippen LogP) is 0.531. The lowest BCUT2D eigenvalue weighted by Crippen LogP contribution is -2.31. The lowest BCUT2D eigenvalue weighted by molar-refractivity contribution is 0.294. The highest BCUT2D eigenvalue weighted by Crippen LogP contribution is 2.20. The van der Waals surface area contributed by atoms with E-state index in [1.165, 1.54) is 0 Å². The largest absolute Gasteiger partial charge is 0.330 e. The first-order valence-corrected chi connectivity index (χ1v) is 5.29. The van der Waals surface area contributed by atoms with E-state index in [2.05, 4.69) is 13.8 Å². The molecule has 0 radical (unpaired) electrons. The van der Waals surface area contributed by atoms with Crippen LogP contribution in [0.3, 0.4) is 0 Å². The van der Waals surface area contributed by atoms with Crippen LogP contribution in [-0.4, -0.2) is 19.6 Å². The van der Waals surface area contributed by atoms with Gasteiger partial charge in [-0.2, -0.15) is 0 Å². The number of rotatable bonds is 7. The Hall–Kier alpha value is -0.120. The summed E-state index contributed by atoms with van der Waals surface area (Å²) >= 11 is 0. The van der Waals surface area contributed by atoms with Crippen LogP contribution in [0.5, 0.6) is 0 Å². The van der Waals surface area contributed by atoms with Gasteiger partial charge in [-0.3, -0.25) is 0 Å². The predicted molar refractivity (Wildman–Crippen MR) is 58.2 cm³/mol. The van der Waals surface area contributed by atoms with Gasteiger partial charge in [-0.15, -0.1) is 0 Å². The van der Waals surface area contributed by atoms with Crippen LogP contribution in [0.25, 0.3) is 0 Å². The van der Waals surface area contributed by atoms with Crippen molar-refractivity contribution in [3.8, 4) is 0 Å². The summed E-state index contributed by atoms with van der Waals surface area (Å²) in [6.07, 6.45) is 2.31. The summed E-state index contributed by atoms with van der Waals surface area (Å²) in [6, 6.07) is 0. The van der Waals surface area contributed by atoms with Gasteiger partial charge < -0.3 is 17.2 Å². The van der Waals surface area contributed by atoms with Crippen LogP contribution in [0.4, 0.5) is 0 Å². The molecule has 0 spiro atoms. The van der Waals surface area contributed by atoms with Crippen molar-refractivity contribution in [1.29, 1.82) is 0 Å². The summed E-state index contributed by atoms with van der Waals surface area (Å²) in [7, 11) is 0. The highest BCUT2D eigenvalue weighted by atomic mass is 14.6. The number of hydrogen-bond donors (Lipinski definition) is 3. The molecule has 0 aromatic carbocycles. The lowest BCUT2D eigenvalue weighted by atomic mass is 9.85. The van der Waals surface area contributed by atoms with E-state index in [4.69, 9.17) is 17.2 Å².